The average Bonchev–Trinajstić information content (AvgIpc) is 3.39. The van der Waals surface area contributed by atoms with Gasteiger partial charge in [-0.05, 0) is 51.0 Å². The predicted molar refractivity (Wildman–Crippen MR) is 156 cm³/mol. The number of hydrogen-bond acceptors (Lipinski definition) is 12. The second-order valence-corrected chi connectivity index (χ2v) is 20.6. The molecule has 5 rings (SSSR count). The topological polar surface area (TPSA) is 167 Å². The van der Waals surface area contributed by atoms with Gasteiger partial charge in [0.05, 0.1) is 11.5 Å². The first-order valence-corrected chi connectivity index (χ1v) is 19.3. The minimum Gasteiger partial charge on any atom is -0.407 e. The lowest BCUT2D eigenvalue weighted by Gasteiger charge is -2.41. The van der Waals surface area contributed by atoms with Crippen LogP contribution in [0.2, 0.25) is 18.1 Å². The molecule has 5 atom stereocenters. The molecule has 40 heavy (non-hydrogen) atoms. The van der Waals surface area contributed by atoms with Crippen LogP contribution in [0.4, 0.5) is 11.5 Å². The SMILES string of the molecule is CC(C)(C)[Si](C)(C)O[C@@H]1C(n2c(Br)nc3c(N)ncnc32)OC2CO[P@@](=O)(SCc3ccc([N+](=O)[O-])cc3)O[C@H]21. The number of nitrogens with two attached hydrogens (primary N) is 1. The van der Waals surface area contributed by atoms with Gasteiger partial charge in [0.2, 0.25) is 0 Å². The molecule has 0 radical (unpaired) electrons. The van der Waals surface area contributed by atoms with Crippen molar-refractivity contribution in [2.45, 2.75) is 69.2 Å². The van der Waals surface area contributed by atoms with Crippen LogP contribution in [-0.2, 0) is 28.5 Å². The number of hydrogen-bond donors (Lipinski definition) is 1. The molecule has 216 valence electrons. The van der Waals surface area contributed by atoms with Crippen LogP contribution < -0.4 is 5.73 Å². The summed E-state index contributed by atoms with van der Waals surface area (Å²) in [4.78, 5) is 23.4. The Morgan fingerprint density at radius 1 is 1.30 bits per heavy atom. The van der Waals surface area contributed by atoms with E-state index in [1.54, 1.807) is 16.7 Å². The zero-order chi connectivity index (χ0) is 29.0. The summed E-state index contributed by atoms with van der Waals surface area (Å²) in [6.07, 6.45) is -1.30. The Morgan fingerprint density at radius 2 is 2.00 bits per heavy atom. The molecule has 2 aliphatic heterocycles. The first-order valence-electron chi connectivity index (χ1n) is 12.5. The highest BCUT2D eigenvalue weighted by molar-refractivity contribution is 9.10. The van der Waals surface area contributed by atoms with Crippen molar-refractivity contribution < 1.29 is 27.7 Å². The quantitative estimate of drug-likeness (QED) is 0.105. The van der Waals surface area contributed by atoms with E-state index in [-0.39, 0.29) is 28.9 Å². The Morgan fingerprint density at radius 3 is 2.65 bits per heavy atom. The highest BCUT2D eigenvalue weighted by Crippen LogP contribution is 2.66. The summed E-state index contributed by atoms with van der Waals surface area (Å²) in [7, 11) is -2.39. The van der Waals surface area contributed by atoms with Crippen LogP contribution in [0.25, 0.3) is 11.2 Å². The largest absolute Gasteiger partial charge is 0.407 e. The minimum atomic E-state index is -3.64. The normalized spacial score (nSPS) is 27.1. The van der Waals surface area contributed by atoms with Gasteiger partial charge in [0.15, 0.2) is 36.3 Å². The molecular weight excluding hydrogens is 643 g/mol. The fourth-order valence-corrected chi connectivity index (χ4v) is 9.44. The van der Waals surface area contributed by atoms with Crippen molar-refractivity contribution in [2.75, 3.05) is 12.3 Å². The van der Waals surface area contributed by atoms with Gasteiger partial charge in [0.25, 0.3) is 5.69 Å². The Labute approximate surface area is 244 Å². The van der Waals surface area contributed by atoms with Crippen LogP contribution >= 0.6 is 34.1 Å². The van der Waals surface area contributed by atoms with Gasteiger partial charge in [-0.1, -0.05) is 32.9 Å². The maximum absolute atomic E-state index is 13.8. The third kappa shape index (κ3) is 5.60. The molecule has 1 aromatic carbocycles. The summed E-state index contributed by atoms with van der Waals surface area (Å²) < 4.78 is 41.3. The van der Waals surface area contributed by atoms with E-state index in [9.17, 15) is 14.7 Å². The number of nitrogen functional groups attached to an aromatic ring is 1. The molecule has 0 bridgehead atoms. The summed E-state index contributed by atoms with van der Waals surface area (Å²) in [5.74, 6) is 0.506. The second kappa shape index (κ2) is 10.7. The fraction of sp³-hybridized carbons (Fsp3) is 0.522. The Balaban J connectivity index is 1.45. The summed E-state index contributed by atoms with van der Waals surface area (Å²) >= 11 is 4.54. The highest BCUT2D eigenvalue weighted by atomic mass is 79.9. The number of benzene rings is 1. The molecule has 0 spiro atoms. The van der Waals surface area contributed by atoms with Gasteiger partial charge in [-0.25, -0.2) is 19.5 Å². The lowest BCUT2D eigenvalue weighted by atomic mass is 10.1. The van der Waals surface area contributed by atoms with E-state index >= 15 is 0 Å². The van der Waals surface area contributed by atoms with Gasteiger partial charge in [-0.3, -0.25) is 23.7 Å². The van der Waals surface area contributed by atoms with Gasteiger partial charge >= 0.3 is 6.80 Å². The third-order valence-corrected chi connectivity index (χ3v) is 16.1. The molecule has 4 heterocycles. The van der Waals surface area contributed by atoms with Crippen molar-refractivity contribution >= 4 is 65.1 Å². The molecule has 0 aliphatic carbocycles. The molecule has 3 aromatic rings. The van der Waals surface area contributed by atoms with E-state index < -0.39 is 44.6 Å². The zero-order valence-electron chi connectivity index (χ0n) is 22.5. The lowest BCUT2D eigenvalue weighted by molar-refractivity contribution is -0.384. The number of fused-ring (bicyclic) bond motifs is 2. The number of anilines is 1. The number of rotatable bonds is 7. The number of non-ortho nitro benzene ring substituents is 1. The van der Waals surface area contributed by atoms with Crippen molar-refractivity contribution in [2.24, 2.45) is 0 Å². The number of halogens is 1. The summed E-state index contributed by atoms with van der Waals surface area (Å²) in [6, 6.07) is 6.06. The molecule has 17 heteroatoms. The van der Waals surface area contributed by atoms with E-state index in [2.05, 4.69) is 64.7 Å². The van der Waals surface area contributed by atoms with E-state index in [0.717, 1.165) is 16.9 Å². The smallest absolute Gasteiger partial charge is 0.389 e. The van der Waals surface area contributed by atoms with Crippen LogP contribution in [0.15, 0.2) is 35.3 Å². The van der Waals surface area contributed by atoms with E-state index in [1.165, 1.54) is 18.5 Å². The van der Waals surface area contributed by atoms with Crippen molar-refractivity contribution in [1.82, 2.24) is 19.5 Å². The van der Waals surface area contributed by atoms with Gasteiger partial charge < -0.3 is 14.9 Å². The maximum Gasteiger partial charge on any atom is 0.389 e. The first kappa shape index (κ1) is 29.6. The standard InChI is InChI=1S/C23H30BrN6O7PSSi/c1-23(2,3)40(4,5)37-18-17-15(35-21(18)29-20-16(28-22(29)24)19(25)26-12-27-20)10-34-38(33,36-17)39-11-13-6-8-14(9-7-13)30(31)32/h6-9,12,15,17-18,21H,10-11H2,1-5H3,(H2,25,26,27)/t15?,17-,18+,21?,38-/m1/s1. The Bertz CT molecular complexity index is 1490. The van der Waals surface area contributed by atoms with Crippen LogP contribution in [0.5, 0.6) is 0 Å². The molecule has 13 nitrogen and oxygen atoms in total. The number of aromatic nitrogens is 4. The predicted octanol–water partition coefficient (Wildman–Crippen LogP) is 5.82. The van der Waals surface area contributed by atoms with Gasteiger partial charge in [0.1, 0.15) is 24.6 Å². The van der Waals surface area contributed by atoms with Crippen LogP contribution in [0.3, 0.4) is 0 Å². The number of nitrogens with zero attached hydrogens (tertiary/aromatic N) is 5. The molecule has 2 aromatic heterocycles. The number of nitro groups is 1. The zero-order valence-corrected chi connectivity index (χ0v) is 26.8. The van der Waals surface area contributed by atoms with Crippen LogP contribution in [-0.4, -0.2) is 57.7 Å². The van der Waals surface area contributed by atoms with Crippen molar-refractivity contribution in [3.05, 3.63) is 51.0 Å². The molecule has 0 saturated carbocycles. The number of ether oxygens (including phenoxy) is 1. The molecule has 0 amide bonds. The summed E-state index contributed by atoms with van der Waals surface area (Å²) in [6.45, 7) is 7.04. The molecule has 2 aliphatic rings. The van der Waals surface area contributed by atoms with E-state index in [0.29, 0.717) is 15.9 Å². The Kier molecular flexibility index (Phi) is 7.93. The number of imidazole rings is 1. The minimum absolute atomic E-state index is 0.0154. The monoisotopic (exact) mass is 672 g/mol. The third-order valence-electron chi connectivity index (χ3n) is 7.42. The lowest BCUT2D eigenvalue weighted by Crippen LogP contribution is -2.50. The van der Waals surface area contributed by atoms with Crippen molar-refractivity contribution in [1.29, 1.82) is 0 Å². The van der Waals surface area contributed by atoms with E-state index in [4.69, 9.17) is 23.9 Å². The fourth-order valence-electron chi connectivity index (χ4n) is 4.22. The van der Waals surface area contributed by atoms with Crippen LogP contribution in [0.1, 0.15) is 32.6 Å². The molecule has 2 fully saturated rings. The van der Waals surface area contributed by atoms with Gasteiger partial charge in [0, 0.05) is 17.9 Å². The number of nitro benzene ring substituents is 1. The van der Waals surface area contributed by atoms with Gasteiger partial charge in [-0.2, -0.15) is 0 Å². The van der Waals surface area contributed by atoms with Crippen molar-refractivity contribution in [3.63, 3.8) is 0 Å². The van der Waals surface area contributed by atoms with Crippen molar-refractivity contribution in [3.8, 4) is 0 Å². The second-order valence-electron chi connectivity index (χ2n) is 11.1. The van der Waals surface area contributed by atoms with Crippen LogP contribution in [0, 0.1) is 10.1 Å². The maximum atomic E-state index is 13.8. The molecular formula is C23H30BrN6O7PSSi. The van der Waals surface area contributed by atoms with E-state index in [1.807, 2.05) is 0 Å². The summed E-state index contributed by atoms with van der Waals surface area (Å²) in [5.41, 5.74) is 7.67. The molecule has 2 unspecified atom stereocenters. The van der Waals surface area contributed by atoms with Gasteiger partial charge in [-0.15, -0.1) is 0 Å². The molecule has 2 N–H and O–H groups in total. The molecule has 2 saturated heterocycles. The Hall–Kier alpha value is -1.91. The summed E-state index contributed by atoms with van der Waals surface area (Å²) in [5, 5.41) is 10.8. The first-order chi connectivity index (χ1) is 18.7. The average molecular weight is 674 g/mol. The highest BCUT2D eigenvalue weighted by Gasteiger charge is 2.57.